The average molecular weight is 317 g/mol. The highest BCUT2D eigenvalue weighted by Crippen LogP contribution is 2.32. The molecule has 7 nitrogen and oxygen atoms in total. The van der Waals surface area contributed by atoms with Crippen LogP contribution in [0.5, 0.6) is 0 Å². The van der Waals surface area contributed by atoms with E-state index in [-0.39, 0.29) is 24.7 Å². The molecule has 0 bridgehead atoms. The summed E-state index contributed by atoms with van der Waals surface area (Å²) in [5, 5.41) is 6.73. The molecule has 2 atom stereocenters. The van der Waals surface area contributed by atoms with E-state index < -0.39 is 0 Å². The Bertz CT molecular complexity index is 668. The molecule has 0 spiro atoms. The molecule has 2 heterocycles. The number of carbonyl (C=O) groups is 1. The molecule has 1 amide bonds. The van der Waals surface area contributed by atoms with E-state index in [9.17, 15) is 4.79 Å². The number of methoxy groups -OCH3 is 1. The monoisotopic (exact) mass is 317 g/mol. The molecule has 0 aliphatic carbocycles. The lowest BCUT2D eigenvalue weighted by atomic mass is 10.2. The van der Waals surface area contributed by atoms with Gasteiger partial charge in [-0.05, 0) is 44.0 Å². The third kappa shape index (κ3) is 3.75. The van der Waals surface area contributed by atoms with Crippen LogP contribution in [0.25, 0.3) is 11.4 Å². The second-order valence-electron chi connectivity index (χ2n) is 5.53. The van der Waals surface area contributed by atoms with E-state index >= 15 is 0 Å². The molecule has 3 rings (SSSR count). The molecule has 0 saturated carbocycles. The van der Waals surface area contributed by atoms with Crippen LogP contribution in [0, 0.1) is 0 Å². The second kappa shape index (κ2) is 6.89. The Morgan fingerprint density at radius 2 is 2.13 bits per heavy atom. The van der Waals surface area contributed by atoms with Crippen molar-refractivity contribution in [3.05, 3.63) is 30.2 Å². The highest BCUT2D eigenvalue weighted by molar-refractivity contribution is 5.91. The lowest BCUT2D eigenvalue weighted by Crippen LogP contribution is -2.16. The van der Waals surface area contributed by atoms with E-state index in [4.69, 9.17) is 14.0 Å². The van der Waals surface area contributed by atoms with E-state index in [1.807, 2.05) is 19.1 Å². The van der Waals surface area contributed by atoms with Gasteiger partial charge in [-0.2, -0.15) is 4.98 Å². The fraction of sp³-hybridized carbons (Fsp3) is 0.438. The summed E-state index contributed by atoms with van der Waals surface area (Å²) in [5.74, 6) is 0.828. The minimum absolute atomic E-state index is 0.0236. The van der Waals surface area contributed by atoms with Crippen molar-refractivity contribution in [2.24, 2.45) is 0 Å². The van der Waals surface area contributed by atoms with Crippen LogP contribution < -0.4 is 5.32 Å². The summed E-state index contributed by atoms with van der Waals surface area (Å²) < 4.78 is 15.8. The molecule has 23 heavy (non-hydrogen) atoms. The van der Waals surface area contributed by atoms with Gasteiger partial charge in [0.2, 0.25) is 11.7 Å². The number of ether oxygens (including phenoxy) is 2. The maximum atomic E-state index is 11.5. The highest BCUT2D eigenvalue weighted by atomic mass is 16.5. The molecule has 0 radical (unpaired) electrons. The Balaban J connectivity index is 1.68. The Morgan fingerprint density at radius 1 is 1.35 bits per heavy atom. The lowest BCUT2D eigenvalue weighted by Gasteiger charge is -2.05. The fourth-order valence-corrected chi connectivity index (χ4v) is 2.50. The third-order valence-corrected chi connectivity index (χ3v) is 3.65. The number of carbonyl (C=O) groups excluding carboxylic acids is 1. The Morgan fingerprint density at radius 3 is 2.78 bits per heavy atom. The highest BCUT2D eigenvalue weighted by Gasteiger charge is 2.28. The number of aromatic nitrogens is 2. The summed E-state index contributed by atoms with van der Waals surface area (Å²) in [7, 11) is 1.48. The van der Waals surface area contributed by atoms with Crippen LogP contribution in [-0.4, -0.2) is 35.9 Å². The Labute approximate surface area is 134 Å². The maximum Gasteiger partial charge on any atom is 0.256 e. The first kappa shape index (κ1) is 15.6. The van der Waals surface area contributed by atoms with Crippen molar-refractivity contribution >= 4 is 11.6 Å². The van der Waals surface area contributed by atoms with E-state index in [2.05, 4.69) is 15.5 Å². The second-order valence-corrected chi connectivity index (χ2v) is 5.53. The Hall–Kier alpha value is -2.25. The van der Waals surface area contributed by atoms with Crippen molar-refractivity contribution < 1.29 is 18.8 Å². The molecule has 0 unspecified atom stereocenters. The van der Waals surface area contributed by atoms with Crippen LogP contribution in [0.4, 0.5) is 5.69 Å². The summed E-state index contributed by atoms with van der Waals surface area (Å²) in [6, 6.07) is 7.23. The van der Waals surface area contributed by atoms with Crippen molar-refractivity contribution in [1.82, 2.24) is 10.1 Å². The molecule has 122 valence electrons. The van der Waals surface area contributed by atoms with Crippen LogP contribution in [0.2, 0.25) is 0 Å². The van der Waals surface area contributed by atoms with Gasteiger partial charge in [0.15, 0.2) is 0 Å². The van der Waals surface area contributed by atoms with Gasteiger partial charge in [-0.3, -0.25) is 4.79 Å². The fourth-order valence-electron chi connectivity index (χ4n) is 2.50. The van der Waals surface area contributed by atoms with Gasteiger partial charge >= 0.3 is 0 Å². The predicted molar refractivity (Wildman–Crippen MR) is 82.8 cm³/mol. The first-order valence-electron chi connectivity index (χ1n) is 7.54. The minimum atomic E-state index is -0.199. The molecule has 1 aliphatic rings. The summed E-state index contributed by atoms with van der Waals surface area (Å²) in [6.07, 6.45) is 2.01. The quantitative estimate of drug-likeness (QED) is 0.912. The van der Waals surface area contributed by atoms with E-state index in [0.29, 0.717) is 17.4 Å². The summed E-state index contributed by atoms with van der Waals surface area (Å²) >= 11 is 0. The molecule has 1 N–H and O–H groups in total. The van der Waals surface area contributed by atoms with Gasteiger partial charge in [0.05, 0.1) is 6.10 Å². The van der Waals surface area contributed by atoms with Gasteiger partial charge in [0.25, 0.3) is 5.89 Å². The van der Waals surface area contributed by atoms with Crippen LogP contribution in [0.15, 0.2) is 28.8 Å². The van der Waals surface area contributed by atoms with Crippen molar-refractivity contribution in [2.45, 2.75) is 32.0 Å². The van der Waals surface area contributed by atoms with Crippen molar-refractivity contribution in [1.29, 1.82) is 0 Å². The third-order valence-electron chi connectivity index (χ3n) is 3.65. The zero-order valence-corrected chi connectivity index (χ0v) is 13.1. The van der Waals surface area contributed by atoms with Crippen LogP contribution in [0.3, 0.4) is 0 Å². The van der Waals surface area contributed by atoms with Crippen molar-refractivity contribution in [2.75, 3.05) is 19.0 Å². The van der Waals surface area contributed by atoms with Crippen LogP contribution in [-0.2, 0) is 14.3 Å². The molecule has 2 aromatic rings. The van der Waals surface area contributed by atoms with Gasteiger partial charge < -0.3 is 19.3 Å². The molecule has 1 fully saturated rings. The zero-order valence-electron chi connectivity index (χ0n) is 13.1. The maximum absolute atomic E-state index is 11.5. The minimum Gasteiger partial charge on any atom is -0.375 e. The SMILES string of the molecule is COCC(=O)Nc1ccc(-c2noc([C@@H]3CC[C@H](C)O3)n2)cc1. The largest absolute Gasteiger partial charge is 0.375 e. The summed E-state index contributed by atoms with van der Waals surface area (Å²) in [4.78, 5) is 15.9. The summed E-state index contributed by atoms with van der Waals surface area (Å²) in [5.41, 5.74) is 1.50. The van der Waals surface area contributed by atoms with E-state index in [1.165, 1.54) is 7.11 Å². The van der Waals surface area contributed by atoms with Crippen LogP contribution >= 0.6 is 0 Å². The van der Waals surface area contributed by atoms with Gasteiger partial charge in [-0.15, -0.1) is 0 Å². The van der Waals surface area contributed by atoms with Gasteiger partial charge in [-0.25, -0.2) is 0 Å². The van der Waals surface area contributed by atoms with Crippen molar-refractivity contribution in [3.63, 3.8) is 0 Å². The number of rotatable bonds is 5. The zero-order chi connectivity index (χ0) is 16.2. The molecule has 1 aromatic carbocycles. The molecule has 7 heteroatoms. The number of amides is 1. The molecule has 1 aromatic heterocycles. The molecular weight excluding hydrogens is 298 g/mol. The van der Waals surface area contributed by atoms with E-state index in [1.54, 1.807) is 12.1 Å². The number of nitrogens with zero attached hydrogens (tertiary/aromatic N) is 2. The Kier molecular flexibility index (Phi) is 4.68. The smallest absolute Gasteiger partial charge is 0.256 e. The normalized spacial score (nSPS) is 20.6. The number of anilines is 1. The van der Waals surface area contributed by atoms with Gasteiger partial charge in [0.1, 0.15) is 12.7 Å². The van der Waals surface area contributed by atoms with E-state index in [0.717, 1.165) is 18.4 Å². The summed E-state index contributed by atoms with van der Waals surface area (Å²) in [6.45, 7) is 2.06. The first-order chi connectivity index (χ1) is 11.2. The van der Waals surface area contributed by atoms with Crippen molar-refractivity contribution in [3.8, 4) is 11.4 Å². The number of benzene rings is 1. The standard InChI is InChI=1S/C16H19N3O4/c1-10-3-8-13(22-10)16-18-15(19-23-16)11-4-6-12(7-5-11)17-14(20)9-21-2/h4-7,10,13H,3,8-9H2,1-2H3,(H,17,20)/t10-,13-/m0/s1. The van der Waals surface area contributed by atoms with Gasteiger partial charge in [-0.1, -0.05) is 5.16 Å². The lowest BCUT2D eigenvalue weighted by molar-refractivity contribution is -0.119. The topological polar surface area (TPSA) is 86.5 Å². The molecule has 1 aliphatic heterocycles. The predicted octanol–water partition coefficient (Wildman–Crippen LogP) is 2.56. The molecular formula is C16H19N3O4. The average Bonchev–Trinajstić information content (AvgIpc) is 3.17. The number of hydrogen-bond acceptors (Lipinski definition) is 6. The van der Waals surface area contributed by atoms with Gasteiger partial charge in [0, 0.05) is 18.4 Å². The number of nitrogens with one attached hydrogen (secondary N) is 1. The molecule has 1 saturated heterocycles. The first-order valence-corrected chi connectivity index (χ1v) is 7.54. The van der Waals surface area contributed by atoms with Crippen LogP contribution in [0.1, 0.15) is 31.8 Å². The number of hydrogen-bond donors (Lipinski definition) is 1.